The predicted molar refractivity (Wildman–Crippen MR) is 113 cm³/mol. The molecule has 6 heteroatoms. The molecule has 0 spiro atoms. The summed E-state index contributed by atoms with van der Waals surface area (Å²) in [6, 6.07) is 21.1. The molecular weight excluding hydrogens is 463 g/mol. The van der Waals surface area contributed by atoms with Crippen molar-refractivity contribution in [2.24, 2.45) is 0 Å². The van der Waals surface area contributed by atoms with Crippen molar-refractivity contribution in [3.63, 3.8) is 0 Å². The lowest BCUT2D eigenvalue weighted by atomic mass is 10.2. The molecule has 0 fully saturated rings. The highest BCUT2D eigenvalue weighted by Gasteiger charge is 2.11. The Morgan fingerprint density at radius 2 is 1.42 bits per heavy atom. The highest BCUT2D eigenvalue weighted by molar-refractivity contribution is 14.1. The molecule has 26 heavy (non-hydrogen) atoms. The van der Waals surface area contributed by atoms with Crippen LogP contribution < -0.4 is 10.6 Å². The Morgan fingerprint density at radius 1 is 0.769 bits per heavy atom. The van der Waals surface area contributed by atoms with Crippen molar-refractivity contribution >= 4 is 57.4 Å². The van der Waals surface area contributed by atoms with Gasteiger partial charge in [0.2, 0.25) is 0 Å². The second-order valence-electron chi connectivity index (χ2n) is 5.48. The number of halogens is 2. The number of anilines is 2. The fraction of sp³-hybridized carbons (Fsp3) is 0. The number of amides is 2. The molecule has 0 radical (unpaired) electrons. The molecule has 0 aliphatic heterocycles. The monoisotopic (exact) mass is 476 g/mol. The molecule has 0 heterocycles. The van der Waals surface area contributed by atoms with Gasteiger partial charge in [0.25, 0.3) is 11.8 Å². The first kappa shape index (κ1) is 18.4. The zero-order valence-electron chi connectivity index (χ0n) is 13.5. The summed E-state index contributed by atoms with van der Waals surface area (Å²) in [6.45, 7) is 0. The van der Waals surface area contributed by atoms with Crippen LogP contribution in [0.3, 0.4) is 0 Å². The number of hydrogen-bond donors (Lipinski definition) is 2. The number of rotatable bonds is 4. The van der Waals surface area contributed by atoms with Gasteiger partial charge < -0.3 is 10.6 Å². The van der Waals surface area contributed by atoms with Gasteiger partial charge in [-0.15, -0.1) is 0 Å². The van der Waals surface area contributed by atoms with Crippen LogP contribution in [-0.2, 0) is 0 Å². The fourth-order valence-electron chi connectivity index (χ4n) is 2.35. The van der Waals surface area contributed by atoms with E-state index in [2.05, 4.69) is 33.2 Å². The van der Waals surface area contributed by atoms with E-state index in [0.29, 0.717) is 27.5 Å². The Morgan fingerprint density at radius 3 is 2.12 bits per heavy atom. The third kappa shape index (κ3) is 4.62. The van der Waals surface area contributed by atoms with Gasteiger partial charge in [-0.2, -0.15) is 0 Å². The largest absolute Gasteiger partial charge is 0.322 e. The van der Waals surface area contributed by atoms with E-state index in [1.54, 1.807) is 60.7 Å². The molecule has 0 aliphatic carbocycles. The number of benzene rings is 3. The molecule has 130 valence electrons. The van der Waals surface area contributed by atoms with Gasteiger partial charge >= 0.3 is 0 Å². The first-order valence-corrected chi connectivity index (χ1v) is 9.21. The second kappa shape index (κ2) is 8.33. The van der Waals surface area contributed by atoms with Gasteiger partial charge in [-0.3, -0.25) is 9.59 Å². The summed E-state index contributed by atoms with van der Waals surface area (Å²) in [7, 11) is 0. The Kier molecular flexibility index (Phi) is 5.90. The number of nitrogens with one attached hydrogen (secondary N) is 2. The van der Waals surface area contributed by atoms with Gasteiger partial charge in [-0.25, -0.2) is 0 Å². The van der Waals surface area contributed by atoms with Crippen LogP contribution >= 0.6 is 34.2 Å². The Labute approximate surface area is 169 Å². The van der Waals surface area contributed by atoms with E-state index in [1.807, 2.05) is 12.1 Å². The highest BCUT2D eigenvalue weighted by Crippen LogP contribution is 2.20. The van der Waals surface area contributed by atoms with E-state index in [1.165, 1.54) is 0 Å². The minimum absolute atomic E-state index is 0.210. The maximum absolute atomic E-state index is 12.3. The van der Waals surface area contributed by atoms with Crippen molar-refractivity contribution in [3.05, 3.63) is 92.5 Å². The van der Waals surface area contributed by atoms with Gasteiger partial charge in [-0.1, -0.05) is 35.9 Å². The minimum Gasteiger partial charge on any atom is -0.322 e. The normalized spacial score (nSPS) is 10.2. The van der Waals surface area contributed by atoms with Gasteiger partial charge in [0, 0.05) is 20.5 Å². The maximum atomic E-state index is 12.3. The van der Waals surface area contributed by atoms with E-state index in [9.17, 15) is 9.59 Å². The second-order valence-corrected chi connectivity index (χ2v) is 7.13. The van der Waals surface area contributed by atoms with Crippen LogP contribution in [0.5, 0.6) is 0 Å². The molecule has 3 rings (SSSR count). The summed E-state index contributed by atoms with van der Waals surface area (Å²) >= 11 is 8.21. The fourth-order valence-corrected chi connectivity index (χ4v) is 3.12. The Hall–Kier alpha value is -2.38. The minimum atomic E-state index is -0.309. The zero-order valence-corrected chi connectivity index (χ0v) is 16.4. The first-order chi connectivity index (χ1) is 12.5. The molecule has 2 amide bonds. The lowest BCUT2D eigenvalue weighted by molar-refractivity contribution is 0.101. The maximum Gasteiger partial charge on any atom is 0.257 e. The van der Waals surface area contributed by atoms with Crippen LogP contribution in [0.15, 0.2) is 72.8 Å². The number of hydrogen-bond acceptors (Lipinski definition) is 2. The molecular formula is C20H14ClIN2O2. The van der Waals surface area contributed by atoms with Crippen LogP contribution in [0.1, 0.15) is 20.7 Å². The average molecular weight is 477 g/mol. The van der Waals surface area contributed by atoms with E-state index in [-0.39, 0.29) is 11.8 Å². The quantitative estimate of drug-likeness (QED) is 0.492. The van der Waals surface area contributed by atoms with E-state index in [0.717, 1.165) is 3.57 Å². The molecule has 0 bridgehead atoms. The van der Waals surface area contributed by atoms with Crippen LogP contribution in [0.2, 0.25) is 5.02 Å². The van der Waals surface area contributed by atoms with Crippen molar-refractivity contribution < 1.29 is 9.59 Å². The molecule has 0 atom stereocenters. The topological polar surface area (TPSA) is 58.2 Å². The molecule has 0 saturated carbocycles. The Bertz CT molecular complexity index is 975. The van der Waals surface area contributed by atoms with Crippen LogP contribution in [0.4, 0.5) is 11.4 Å². The third-order valence-electron chi connectivity index (χ3n) is 3.58. The van der Waals surface area contributed by atoms with Crippen LogP contribution in [-0.4, -0.2) is 11.8 Å². The molecule has 0 saturated heterocycles. The molecule has 0 unspecified atom stereocenters. The number of carbonyl (C=O) groups is 2. The van der Waals surface area contributed by atoms with Crippen molar-refractivity contribution in [2.75, 3.05) is 10.6 Å². The molecule has 0 aliphatic rings. The van der Waals surface area contributed by atoms with Gasteiger partial charge in [0.1, 0.15) is 0 Å². The standard InChI is InChI=1S/C20H14ClIN2O2/c21-18-10-2-1-9-17(18)20(26)24-16-8-4-7-15(12-16)23-19(25)13-5-3-6-14(22)11-13/h1-12H,(H,23,25)(H,24,26). The van der Waals surface area contributed by atoms with Crippen molar-refractivity contribution in [2.45, 2.75) is 0 Å². The summed E-state index contributed by atoms with van der Waals surface area (Å²) in [6.07, 6.45) is 0. The van der Waals surface area contributed by atoms with E-state index >= 15 is 0 Å². The van der Waals surface area contributed by atoms with E-state index < -0.39 is 0 Å². The summed E-state index contributed by atoms with van der Waals surface area (Å²) in [5, 5.41) is 6.00. The Balaban J connectivity index is 1.73. The number of carbonyl (C=O) groups excluding carboxylic acids is 2. The van der Waals surface area contributed by atoms with E-state index in [4.69, 9.17) is 11.6 Å². The molecule has 3 aromatic rings. The first-order valence-electron chi connectivity index (χ1n) is 7.76. The summed E-state index contributed by atoms with van der Waals surface area (Å²) < 4.78 is 0.982. The molecule has 4 nitrogen and oxygen atoms in total. The van der Waals surface area contributed by atoms with Crippen molar-refractivity contribution in [1.29, 1.82) is 0 Å². The lowest BCUT2D eigenvalue weighted by Gasteiger charge is -2.10. The smallest absolute Gasteiger partial charge is 0.257 e. The molecule has 0 aromatic heterocycles. The SMILES string of the molecule is O=C(Nc1cccc(NC(=O)c2ccccc2Cl)c1)c1cccc(I)c1. The van der Waals surface area contributed by atoms with Gasteiger partial charge in [0.05, 0.1) is 10.6 Å². The summed E-state index contributed by atoms with van der Waals surface area (Å²) in [4.78, 5) is 24.7. The van der Waals surface area contributed by atoms with Crippen molar-refractivity contribution in [3.8, 4) is 0 Å². The summed E-state index contributed by atoms with van der Waals surface area (Å²) in [5.41, 5.74) is 2.12. The van der Waals surface area contributed by atoms with Gasteiger partial charge in [0.15, 0.2) is 0 Å². The average Bonchev–Trinajstić information content (AvgIpc) is 2.62. The third-order valence-corrected chi connectivity index (χ3v) is 4.58. The lowest BCUT2D eigenvalue weighted by Crippen LogP contribution is -2.14. The van der Waals surface area contributed by atoms with Crippen molar-refractivity contribution in [1.82, 2.24) is 0 Å². The van der Waals surface area contributed by atoms with Crippen LogP contribution in [0.25, 0.3) is 0 Å². The molecule has 2 N–H and O–H groups in total. The molecule has 3 aromatic carbocycles. The highest BCUT2D eigenvalue weighted by atomic mass is 127. The van der Waals surface area contributed by atoms with Crippen LogP contribution in [0, 0.1) is 3.57 Å². The van der Waals surface area contributed by atoms with Gasteiger partial charge in [-0.05, 0) is 71.1 Å². The zero-order chi connectivity index (χ0) is 18.5. The predicted octanol–water partition coefficient (Wildman–Crippen LogP) is 5.45. The summed E-state index contributed by atoms with van der Waals surface area (Å²) in [5.74, 6) is -0.519.